The molecule has 0 saturated carbocycles. The van der Waals surface area contributed by atoms with E-state index >= 15 is 0 Å². The molecule has 2 aromatic carbocycles. The Labute approximate surface area is 206 Å². The summed E-state index contributed by atoms with van der Waals surface area (Å²) in [5, 5.41) is 3.43. The standard InChI is InChI=1S/C27H33N5O3/c1-18-10-11-32(17-18)27-29-24-9-8-21(16-25(24)35-27)26(34)31-14-12-30(13-15-31)20(3)28-23-7-5-4-6-22(23)19(2)33/h4-9,16,18,27,29H,10-15,17H2,1-3H3/b28-20+. The van der Waals surface area contributed by atoms with E-state index in [2.05, 4.69) is 22.0 Å². The number of carbonyl (C=O) groups is 2. The predicted molar refractivity (Wildman–Crippen MR) is 137 cm³/mol. The molecule has 0 aromatic heterocycles. The summed E-state index contributed by atoms with van der Waals surface area (Å²) < 4.78 is 6.14. The molecule has 184 valence electrons. The van der Waals surface area contributed by atoms with Crippen LogP contribution in [-0.2, 0) is 0 Å². The van der Waals surface area contributed by atoms with Gasteiger partial charge in [0.05, 0.1) is 11.4 Å². The van der Waals surface area contributed by atoms with E-state index in [1.165, 1.54) is 6.42 Å². The number of piperazine rings is 1. The summed E-state index contributed by atoms with van der Waals surface area (Å²) in [5.74, 6) is 2.29. The number of rotatable bonds is 4. The van der Waals surface area contributed by atoms with Crippen molar-refractivity contribution in [1.82, 2.24) is 14.7 Å². The van der Waals surface area contributed by atoms with Gasteiger partial charge in [0.2, 0.25) is 6.35 Å². The lowest BCUT2D eigenvalue weighted by Crippen LogP contribution is -2.50. The highest BCUT2D eigenvalue weighted by molar-refractivity contribution is 6.00. The maximum absolute atomic E-state index is 13.2. The lowest BCUT2D eigenvalue weighted by Gasteiger charge is -2.36. The van der Waals surface area contributed by atoms with Gasteiger partial charge in [-0.1, -0.05) is 19.1 Å². The molecule has 5 rings (SSSR count). The summed E-state index contributed by atoms with van der Waals surface area (Å²) in [5.41, 5.74) is 2.89. The first kappa shape index (κ1) is 23.4. The van der Waals surface area contributed by atoms with Crippen LogP contribution in [-0.4, -0.2) is 77.8 Å². The molecule has 2 atom stereocenters. The second-order valence-corrected chi connectivity index (χ2v) is 9.73. The summed E-state index contributed by atoms with van der Waals surface area (Å²) in [6.07, 6.45) is 1.03. The summed E-state index contributed by atoms with van der Waals surface area (Å²) >= 11 is 0. The van der Waals surface area contributed by atoms with Gasteiger partial charge < -0.3 is 19.9 Å². The topological polar surface area (TPSA) is 77.5 Å². The van der Waals surface area contributed by atoms with Crippen molar-refractivity contribution in [3.63, 3.8) is 0 Å². The number of carbonyl (C=O) groups excluding carboxylic acids is 2. The monoisotopic (exact) mass is 475 g/mol. The third-order valence-corrected chi connectivity index (χ3v) is 7.12. The Hall–Kier alpha value is -3.39. The van der Waals surface area contributed by atoms with Crippen LogP contribution < -0.4 is 10.1 Å². The molecule has 35 heavy (non-hydrogen) atoms. The molecule has 3 aliphatic rings. The maximum atomic E-state index is 13.2. The van der Waals surface area contributed by atoms with Crippen LogP contribution >= 0.6 is 0 Å². The van der Waals surface area contributed by atoms with Gasteiger partial charge in [-0.3, -0.25) is 14.5 Å². The highest BCUT2D eigenvalue weighted by Gasteiger charge is 2.33. The van der Waals surface area contributed by atoms with Crippen molar-refractivity contribution in [1.29, 1.82) is 0 Å². The highest BCUT2D eigenvalue weighted by atomic mass is 16.5. The van der Waals surface area contributed by atoms with E-state index in [4.69, 9.17) is 9.73 Å². The number of para-hydroxylation sites is 1. The van der Waals surface area contributed by atoms with E-state index in [1.54, 1.807) is 13.0 Å². The van der Waals surface area contributed by atoms with Crippen molar-refractivity contribution in [2.75, 3.05) is 44.6 Å². The molecular weight excluding hydrogens is 442 g/mol. The number of Topliss-reactive ketones (excluding diaryl/α,β-unsaturated/α-hetero) is 1. The number of nitrogens with zero attached hydrogens (tertiary/aromatic N) is 4. The minimum absolute atomic E-state index is 0.00222. The molecule has 0 spiro atoms. The van der Waals surface area contributed by atoms with Crippen LogP contribution in [0.4, 0.5) is 11.4 Å². The van der Waals surface area contributed by atoms with Crippen molar-refractivity contribution in [3.05, 3.63) is 53.6 Å². The highest BCUT2D eigenvalue weighted by Crippen LogP contribution is 2.35. The van der Waals surface area contributed by atoms with Crippen molar-refractivity contribution in [3.8, 4) is 5.75 Å². The van der Waals surface area contributed by atoms with Crippen molar-refractivity contribution < 1.29 is 14.3 Å². The summed E-state index contributed by atoms with van der Waals surface area (Å²) in [4.78, 5) is 36.2. The number of hydrogen-bond acceptors (Lipinski definition) is 6. The van der Waals surface area contributed by atoms with Gasteiger partial charge in [-0.2, -0.15) is 0 Å². The van der Waals surface area contributed by atoms with Gasteiger partial charge in [-0.05, 0) is 56.5 Å². The molecule has 3 heterocycles. The molecule has 0 aliphatic carbocycles. The number of nitrogens with one attached hydrogen (secondary N) is 1. The minimum Gasteiger partial charge on any atom is -0.455 e. The second-order valence-electron chi connectivity index (χ2n) is 9.73. The predicted octanol–water partition coefficient (Wildman–Crippen LogP) is 3.83. The first-order valence-corrected chi connectivity index (χ1v) is 12.4. The van der Waals surface area contributed by atoms with E-state index in [1.807, 2.05) is 48.2 Å². The third kappa shape index (κ3) is 4.89. The first-order valence-electron chi connectivity index (χ1n) is 12.4. The van der Waals surface area contributed by atoms with E-state index < -0.39 is 0 Å². The van der Waals surface area contributed by atoms with Crippen LogP contribution in [0.1, 0.15) is 47.9 Å². The fraction of sp³-hybridized carbons (Fsp3) is 0.444. The molecular formula is C27H33N5O3. The van der Waals surface area contributed by atoms with E-state index in [-0.39, 0.29) is 18.0 Å². The molecule has 3 aliphatic heterocycles. The number of amides is 1. The number of fused-ring (bicyclic) bond motifs is 1. The van der Waals surface area contributed by atoms with E-state index in [0.29, 0.717) is 48.9 Å². The van der Waals surface area contributed by atoms with Gasteiger partial charge in [-0.25, -0.2) is 4.99 Å². The van der Waals surface area contributed by atoms with Crippen LogP contribution in [0, 0.1) is 5.92 Å². The molecule has 8 heteroatoms. The SMILES string of the molecule is CC(=O)c1ccccc1/N=C(\C)N1CCN(C(=O)c2ccc3c(c2)OC(N2CCC(C)C2)N3)CC1. The summed E-state index contributed by atoms with van der Waals surface area (Å²) in [6.45, 7) is 10.4. The lowest BCUT2D eigenvalue weighted by atomic mass is 10.1. The number of benzene rings is 2. The van der Waals surface area contributed by atoms with Gasteiger partial charge in [0.15, 0.2) is 5.78 Å². The Balaban J connectivity index is 1.20. The number of likely N-dealkylation sites (tertiary alicyclic amines) is 1. The minimum atomic E-state index is -0.153. The van der Waals surface area contributed by atoms with Crippen LogP contribution in [0.25, 0.3) is 0 Å². The number of anilines is 1. The molecule has 1 N–H and O–H groups in total. The number of ether oxygens (including phenoxy) is 1. The van der Waals surface area contributed by atoms with Crippen molar-refractivity contribution in [2.24, 2.45) is 10.9 Å². The number of ketones is 1. The fourth-order valence-corrected chi connectivity index (χ4v) is 5.03. The zero-order valence-corrected chi connectivity index (χ0v) is 20.7. The second kappa shape index (κ2) is 9.70. The molecule has 1 amide bonds. The number of hydrogen-bond donors (Lipinski definition) is 1. The molecule has 0 bridgehead atoms. The Morgan fingerprint density at radius 3 is 2.46 bits per heavy atom. The fourth-order valence-electron chi connectivity index (χ4n) is 5.03. The molecule has 8 nitrogen and oxygen atoms in total. The van der Waals surface area contributed by atoms with Gasteiger partial charge in [0.1, 0.15) is 11.6 Å². The average molecular weight is 476 g/mol. The zero-order chi connectivity index (χ0) is 24.5. The molecule has 2 saturated heterocycles. The van der Waals surface area contributed by atoms with Crippen LogP contribution in [0.5, 0.6) is 5.75 Å². The quantitative estimate of drug-likeness (QED) is 0.412. The average Bonchev–Trinajstić information content (AvgIpc) is 3.49. The van der Waals surface area contributed by atoms with Crippen LogP contribution in [0.3, 0.4) is 0 Å². The Morgan fingerprint density at radius 1 is 1.00 bits per heavy atom. The largest absolute Gasteiger partial charge is 0.455 e. The Morgan fingerprint density at radius 2 is 1.74 bits per heavy atom. The van der Waals surface area contributed by atoms with Crippen molar-refractivity contribution >= 4 is 28.9 Å². The third-order valence-electron chi connectivity index (χ3n) is 7.12. The van der Waals surface area contributed by atoms with E-state index in [0.717, 1.165) is 30.4 Å². The zero-order valence-electron chi connectivity index (χ0n) is 20.7. The first-order chi connectivity index (χ1) is 16.9. The Bertz CT molecular complexity index is 1160. The molecule has 2 fully saturated rings. The smallest absolute Gasteiger partial charge is 0.254 e. The van der Waals surface area contributed by atoms with Gasteiger partial charge in [-0.15, -0.1) is 0 Å². The maximum Gasteiger partial charge on any atom is 0.254 e. The van der Waals surface area contributed by atoms with Gasteiger partial charge in [0, 0.05) is 50.4 Å². The molecule has 2 unspecified atom stereocenters. The molecule has 0 radical (unpaired) electrons. The number of amidine groups is 1. The normalized spacial score (nSPS) is 22.5. The summed E-state index contributed by atoms with van der Waals surface area (Å²) in [7, 11) is 0. The molecule has 2 aromatic rings. The van der Waals surface area contributed by atoms with Crippen molar-refractivity contribution in [2.45, 2.75) is 33.5 Å². The van der Waals surface area contributed by atoms with E-state index in [9.17, 15) is 9.59 Å². The van der Waals surface area contributed by atoms with Crippen LogP contribution in [0.2, 0.25) is 0 Å². The Kier molecular flexibility index (Phi) is 6.47. The number of aliphatic imine (C=N–C) groups is 1. The van der Waals surface area contributed by atoms with Gasteiger partial charge >= 0.3 is 0 Å². The van der Waals surface area contributed by atoms with Gasteiger partial charge in [0.25, 0.3) is 5.91 Å². The lowest BCUT2D eigenvalue weighted by molar-refractivity contribution is 0.0686. The van der Waals surface area contributed by atoms with Crippen LogP contribution in [0.15, 0.2) is 47.5 Å². The summed E-state index contributed by atoms with van der Waals surface area (Å²) in [6, 6.07) is 13.1.